The Balaban J connectivity index is 2.13. The van der Waals surface area contributed by atoms with E-state index in [2.05, 4.69) is 9.72 Å². The quantitative estimate of drug-likeness (QED) is 0.444. The van der Waals surface area contributed by atoms with Gasteiger partial charge in [0.1, 0.15) is 11.8 Å². The number of esters is 1. The first-order chi connectivity index (χ1) is 13.3. The summed E-state index contributed by atoms with van der Waals surface area (Å²) in [5.74, 6) is -1.74. The number of aliphatic carboxylic acids is 1. The van der Waals surface area contributed by atoms with E-state index in [1.165, 1.54) is 37.4 Å². The number of phenolic OH excluding ortho intramolecular Hbond substituents is 1. The lowest BCUT2D eigenvalue weighted by molar-refractivity contribution is -0.141. The minimum absolute atomic E-state index is 0.00124. The Morgan fingerprint density at radius 3 is 2.50 bits per heavy atom. The molecule has 8 nitrogen and oxygen atoms in total. The number of nitrogens with zero attached hydrogens (tertiary/aromatic N) is 1. The summed E-state index contributed by atoms with van der Waals surface area (Å²) < 4.78 is 5.58. The Morgan fingerprint density at radius 2 is 1.89 bits per heavy atom. The third-order valence-corrected chi connectivity index (χ3v) is 4.61. The molecule has 0 radical (unpaired) electrons. The number of carboxylic acid groups (broad SMARTS) is 1. The molecule has 0 fully saturated rings. The van der Waals surface area contributed by atoms with Crippen LogP contribution in [0.2, 0.25) is 0 Å². The fourth-order valence-corrected chi connectivity index (χ4v) is 3.22. The maximum atomic E-state index is 12.9. The number of H-pyrrole nitrogens is 1. The molecule has 28 heavy (non-hydrogen) atoms. The van der Waals surface area contributed by atoms with Crippen molar-refractivity contribution in [2.75, 3.05) is 7.11 Å². The van der Waals surface area contributed by atoms with Crippen LogP contribution in [0.15, 0.2) is 47.3 Å². The van der Waals surface area contributed by atoms with Crippen molar-refractivity contribution < 1.29 is 24.5 Å². The monoisotopic (exact) mass is 400 g/mol. The molecule has 1 unspecified atom stereocenters. The van der Waals surface area contributed by atoms with E-state index in [9.17, 15) is 24.6 Å². The first-order valence-corrected chi connectivity index (χ1v) is 8.60. The van der Waals surface area contributed by atoms with Gasteiger partial charge in [0, 0.05) is 6.42 Å². The number of aromatic amines is 1. The number of ether oxygens (including phenoxy) is 1. The fraction of sp³-hybridized carbons (Fsp3) is 0.158. The minimum Gasteiger partial charge on any atom is -0.508 e. The van der Waals surface area contributed by atoms with Crippen molar-refractivity contribution in [2.45, 2.75) is 12.5 Å². The lowest BCUT2D eigenvalue weighted by Crippen LogP contribution is -2.32. The van der Waals surface area contributed by atoms with Crippen molar-refractivity contribution in [3.63, 3.8) is 0 Å². The van der Waals surface area contributed by atoms with E-state index in [0.717, 1.165) is 4.57 Å². The van der Waals surface area contributed by atoms with Gasteiger partial charge in [-0.2, -0.15) is 0 Å². The van der Waals surface area contributed by atoms with Crippen LogP contribution in [0, 0.1) is 4.77 Å². The first-order valence-electron chi connectivity index (χ1n) is 8.19. The van der Waals surface area contributed by atoms with Crippen LogP contribution in [0.5, 0.6) is 5.75 Å². The maximum Gasteiger partial charge on any atom is 0.337 e. The summed E-state index contributed by atoms with van der Waals surface area (Å²) in [6.45, 7) is 0. The normalized spacial score (nSPS) is 11.9. The third kappa shape index (κ3) is 3.65. The van der Waals surface area contributed by atoms with E-state index in [4.69, 9.17) is 12.2 Å². The second-order valence-electron chi connectivity index (χ2n) is 6.08. The number of fused-ring (bicyclic) bond motifs is 1. The van der Waals surface area contributed by atoms with Gasteiger partial charge in [-0.1, -0.05) is 12.1 Å². The van der Waals surface area contributed by atoms with Crippen LogP contribution < -0.4 is 5.56 Å². The van der Waals surface area contributed by atoms with Crippen LogP contribution >= 0.6 is 12.2 Å². The molecule has 0 amide bonds. The van der Waals surface area contributed by atoms with E-state index in [-0.39, 0.29) is 27.9 Å². The molecule has 3 N–H and O–H groups in total. The summed E-state index contributed by atoms with van der Waals surface area (Å²) in [5, 5.41) is 19.3. The number of nitrogens with one attached hydrogen (secondary N) is 1. The maximum absolute atomic E-state index is 12.9. The molecular formula is C19H16N2O6S. The van der Waals surface area contributed by atoms with Gasteiger partial charge in [0.05, 0.1) is 23.6 Å². The van der Waals surface area contributed by atoms with Crippen LogP contribution in [0.25, 0.3) is 10.9 Å². The topological polar surface area (TPSA) is 122 Å². The van der Waals surface area contributed by atoms with Gasteiger partial charge >= 0.3 is 11.9 Å². The molecule has 1 atom stereocenters. The second-order valence-corrected chi connectivity index (χ2v) is 6.47. The molecule has 0 aliphatic heterocycles. The van der Waals surface area contributed by atoms with Gasteiger partial charge in [0.15, 0.2) is 4.77 Å². The van der Waals surface area contributed by atoms with E-state index in [1.54, 1.807) is 12.1 Å². The Labute approximate surface area is 163 Å². The number of aromatic hydroxyl groups is 1. The number of carbonyl (C=O) groups excluding carboxylic acids is 1. The minimum atomic E-state index is -1.24. The Bertz CT molecular complexity index is 1180. The zero-order valence-corrected chi connectivity index (χ0v) is 15.5. The average molecular weight is 400 g/mol. The molecule has 3 rings (SSSR count). The van der Waals surface area contributed by atoms with Gasteiger partial charge in [0.25, 0.3) is 5.56 Å². The lowest BCUT2D eigenvalue weighted by Gasteiger charge is -2.17. The summed E-state index contributed by atoms with van der Waals surface area (Å²) in [6, 6.07) is 9.06. The zero-order valence-electron chi connectivity index (χ0n) is 14.7. The largest absolute Gasteiger partial charge is 0.508 e. The van der Waals surface area contributed by atoms with Crippen LogP contribution in [0.3, 0.4) is 0 Å². The van der Waals surface area contributed by atoms with Gasteiger partial charge in [-0.05, 0) is 48.1 Å². The average Bonchev–Trinajstić information content (AvgIpc) is 2.67. The van der Waals surface area contributed by atoms with Gasteiger partial charge in [-0.15, -0.1) is 0 Å². The standard InChI is InChI=1S/C19H16N2O6S/c1-27-18(26)11-4-7-13-14(9-11)20-19(28)21(16(13)23)15(17(24)25)8-10-2-5-12(22)6-3-10/h2-7,9,15,22H,8H2,1H3,(H,20,28)(H,24,25). The van der Waals surface area contributed by atoms with Crippen molar-refractivity contribution in [1.29, 1.82) is 0 Å². The number of phenols is 1. The predicted octanol–water partition coefficient (Wildman–Crippen LogP) is 2.42. The number of hydrogen-bond donors (Lipinski definition) is 3. The SMILES string of the molecule is COC(=O)c1ccc2c(=O)n(C(Cc3ccc(O)cc3)C(=O)O)c(=S)[nH]c2c1. The number of rotatable bonds is 5. The number of aromatic nitrogens is 2. The van der Waals surface area contributed by atoms with Crippen molar-refractivity contribution in [2.24, 2.45) is 0 Å². The smallest absolute Gasteiger partial charge is 0.337 e. The molecule has 9 heteroatoms. The van der Waals surface area contributed by atoms with E-state index < -0.39 is 23.5 Å². The van der Waals surface area contributed by atoms with Crippen molar-refractivity contribution in [1.82, 2.24) is 9.55 Å². The number of carboxylic acids is 1. The van der Waals surface area contributed by atoms with Crippen molar-refractivity contribution in [3.8, 4) is 5.75 Å². The summed E-state index contributed by atoms with van der Waals surface area (Å²) >= 11 is 5.22. The molecule has 0 aliphatic rings. The molecular weight excluding hydrogens is 384 g/mol. The highest BCUT2D eigenvalue weighted by Crippen LogP contribution is 2.19. The van der Waals surface area contributed by atoms with Gasteiger partial charge < -0.3 is 19.9 Å². The predicted molar refractivity (Wildman–Crippen MR) is 103 cm³/mol. The molecule has 0 aliphatic carbocycles. The number of hydrogen-bond acceptors (Lipinski definition) is 6. The molecule has 0 spiro atoms. The van der Waals surface area contributed by atoms with Crippen molar-refractivity contribution in [3.05, 3.63) is 68.7 Å². The van der Waals surface area contributed by atoms with E-state index >= 15 is 0 Å². The molecule has 2 aromatic carbocycles. The highest BCUT2D eigenvalue weighted by molar-refractivity contribution is 7.71. The fourth-order valence-electron chi connectivity index (χ4n) is 2.90. The zero-order chi connectivity index (χ0) is 20.4. The summed E-state index contributed by atoms with van der Waals surface area (Å²) in [7, 11) is 1.24. The highest BCUT2D eigenvalue weighted by atomic mass is 32.1. The van der Waals surface area contributed by atoms with Crippen molar-refractivity contribution >= 4 is 35.1 Å². The Hall–Kier alpha value is -3.46. The van der Waals surface area contributed by atoms with Crippen LogP contribution in [0.1, 0.15) is 22.0 Å². The molecule has 0 saturated heterocycles. The molecule has 3 aromatic rings. The second kappa shape index (κ2) is 7.65. The molecule has 1 aromatic heterocycles. The van der Waals surface area contributed by atoms with Gasteiger partial charge in [0.2, 0.25) is 0 Å². The third-order valence-electron chi connectivity index (χ3n) is 4.31. The van der Waals surface area contributed by atoms with Crippen LogP contribution in [0.4, 0.5) is 0 Å². The first kappa shape index (κ1) is 19.3. The molecule has 0 saturated carbocycles. The Kier molecular flexibility index (Phi) is 5.27. The molecule has 1 heterocycles. The van der Waals surface area contributed by atoms with Crippen LogP contribution in [-0.4, -0.2) is 38.8 Å². The number of benzene rings is 2. The van der Waals surface area contributed by atoms with E-state index in [0.29, 0.717) is 11.1 Å². The number of carbonyl (C=O) groups is 2. The lowest BCUT2D eigenvalue weighted by atomic mass is 10.1. The van der Waals surface area contributed by atoms with Gasteiger partial charge in [-0.25, -0.2) is 9.59 Å². The highest BCUT2D eigenvalue weighted by Gasteiger charge is 2.24. The molecule has 0 bridgehead atoms. The van der Waals surface area contributed by atoms with Gasteiger partial charge in [-0.3, -0.25) is 9.36 Å². The number of methoxy groups -OCH3 is 1. The summed E-state index contributed by atoms with van der Waals surface area (Å²) in [5.41, 5.74) is 0.577. The van der Waals surface area contributed by atoms with E-state index in [1.807, 2.05) is 0 Å². The summed E-state index contributed by atoms with van der Waals surface area (Å²) in [6.07, 6.45) is -0.00124. The van der Waals surface area contributed by atoms with Crippen LogP contribution in [-0.2, 0) is 16.0 Å². The Morgan fingerprint density at radius 1 is 1.21 bits per heavy atom. The molecule has 144 valence electrons. The summed E-state index contributed by atoms with van der Waals surface area (Å²) in [4.78, 5) is 39.3.